The van der Waals surface area contributed by atoms with Crippen LogP contribution < -0.4 is 0 Å². The van der Waals surface area contributed by atoms with E-state index in [2.05, 4.69) is 170 Å². The molecule has 2 aromatic heterocycles. The highest BCUT2D eigenvalue weighted by molar-refractivity contribution is 6.17. The minimum absolute atomic E-state index is 0.584. The van der Waals surface area contributed by atoms with Gasteiger partial charge in [-0.05, 0) is 58.0 Å². The molecule has 294 valence electrons. The van der Waals surface area contributed by atoms with Crippen molar-refractivity contribution in [1.82, 2.24) is 4.98 Å². The molecule has 0 N–H and O–H groups in total. The van der Waals surface area contributed by atoms with Crippen LogP contribution in [-0.4, -0.2) is 16.5 Å². The summed E-state index contributed by atoms with van der Waals surface area (Å²) in [5.41, 5.74) is 15.4. The Morgan fingerprint density at radius 1 is 0.435 bits per heavy atom. The summed E-state index contributed by atoms with van der Waals surface area (Å²) < 4.78 is 6.90. The summed E-state index contributed by atoms with van der Waals surface area (Å²) in [5, 5.41) is 1.94. The van der Waals surface area contributed by atoms with Gasteiger partial charge < -0.3 is 4.42 Å². The molecule has 0 fully saturated rings. The molecule has 4 nitrogen and oxygen atoms in total. The summed E-state index contributed by atoms with van der Waals surface area (Å²) in [7, 11) is 0. The summed E-state index contributed by atoms with van der Waals surface area (Å²) >= 11 is 0. The van der Waals surface area contributed by atoms with Crippen molar-refractivity contribution in [2.45, 2.75) is 6.92 Å². The van der Waals surface area contributed by atoms with Crippen molar-refractivity contribution in [1.29, 1.82) is 0 Å². The second-order valence-corrected chi connectivity index (χ2v) is 15.3. The van der Waals surface area contributed by atoms with Crippen molar-refractivity contribution < 1.29 is 4.42 Å². The van der Waals surface area contributed by atoms with Crippen LogP contribution in [0.4, 0.5) is 0 Å². The number of pyridine rings is 1. The number of hydrogen-bond acceptors (Lipinski definition) is 3. The average Bonchev–Trinajstić information content (AvgIpc) is 3.76. The van der Waals surface area contributed by atoms with Gasteiger partial charge in [-0.2, -0.15) is 0 Å². The quantitative estimate of drug-likeness (QED) is 0.108. The first kappa shape index (κ1) is 38.0. The number of aromatic nitrogens is 1. The number of rotatable bonds is 9. The number of hydrogen-bond donors (Lipinski definition) is 0. The van der Waals surface area contributed by atoms with Gasteiger partial charge in [-0.3, -0.25) is 0 Å². The molecule has 0 unspecified atom stereocenters. The maximum absolute atomic E-state index is 6.90. The maximum Gasteiger partial charge on any atom is 0.160 e. The van der Waals surface area contributed by atoms with Gasteiger partial charge in [0, 0.05) is 33.4 Å². The Morgan fingerprint density at radius 3 is 1.47 bits per heavy atom. The fourth-order valence-corrected chi connectivity index (χ4v) is 8.04. The van der Waals surface area contributed by atoms with Crippen molar-refractivity contribution in [3.05, 3.63) is 242 Å². The molecular formula is C58H41N3O. The Bertz CT molecular complexity index is 3240. The molecule has 0 bridgehead atoms. The SMILES string of the molecule is C=C(/N=C(\N=C(/C)c1ccc(-c2ccccc2)cc1)c1ccc(-c2ccccc2)cc1)c1ccc(-c2nc3ccccc3c3oc(-c4ccccc4)c(-c4ccccc4)c23)cc1. The van der Waals surface area contributed by atoms with Crippen molar-refractivity contribution in [3.63, 3.8) is 0 Å². The summed E-state index contributed by atoms with van der Waals surface area (Å²) in [6.45, 7) is 6.51. The van der Waals surface area contributed by atoms with Gasteiger partial charge in [0.25, 0.3) is 0 Å². The van der Waals surface area contributed by atoms with Crippen LogP contribution in [-0.2, 0) is 0 Å². The van der Waals surface area contributed by atoms with Crippen molar-refractivity contribution in [3.8, 4) is 56.0 Å². The molecule has 0 atom stereocenters. The number of para-hydroxylation sites is 1. The second-order valence-electron chi connectivity index (χ2n) is 15.3. The van der Waals surface area contributed by atoms with E-state index in [1.165, 1.54) is 5.56 Å². The minimum atomic E-state index is 0.584. The lowest BCUT2D eigenvalue weighted by molar-refractivity contribution is 0.636. The first-order valence-corrected chi connectivity index (χ1v) is 20.8. The maximum atomic E-state index is 6.90. The van der Waals surface area contributed by atoms with Gasteiger partial charge >= 0.3 is 0 Å². The molecule has 10 aromatic rings. The molecule has 0 aliphatic heterocycles. The van der Waals surface area contributed by atoms with Crippen LogP contribution in [0.25, 0.3) is 83.5 Å². The van der Waals surface area contributed by atoms with Crippen LogP contribution in [0, 0.1) is 0 Å². The third kappa shape index (κ3) is 7.58. The minimum Gasteiger partial charge on any atom is -0.455 e. The average molecular weight is 796 g/mol. The Labute approximate surface area is 361 Å². The van der Waals surface area contributed by atoms with Crippen molar-refractivity contribution >= 4 is 39.1 Å². The van der Waals surface area contributed by atoms with Crippen LogP contribution in [0.2, 0.25) is 0 Å². The molecule has 62 heavy (non-hydrogen) atoms. The van der Waals surface area contributed by atoms with Gasteiger partial charge in [-0.25, -0.2) is 15.0 Å². The van der Waals surface area contributed by atoms with Gasteiger partial charge in [0.05, 0.1) is 22.3 Å². The highest BCUT2D eigenvalue weighted by Gasteiger charge is 2.24. The molecule has 0 saturated heterocycles. The number of nitrogens with zero attached hydrogens (tertiary/aromatic N) is 3. The van der Waals surface area contributed by atoms with Crippen LogP contribution in [0.1, 0.15) is 23.6 Å². The number of amidine groups is 1. The lowest BCUT2D eigenvalue weighted by Crippen LogP contribution is -2.04. The van der Waals surface area contributed by atoms with E-state index in [1.54, 1.807) is 0 Å². The summed E-state index contributed by atoms with van der Waals surface area (Å²) in [6, 6.07) is 75.0. The van der Waals surface area contributed by atoms with Gasteiger partial charge in [0.15, 0.2) is 5.84 Å². The Hall–Kier alpha value is -8.21. The predicted octanol–water partition coefficient (Wildman–Crippen LogP) is 15.2. The van der Waals surface area contributed by atoms with Crippen LogP contribution in [0.15, 0.2) is 239 Å². The summed E-state index contributed by atoms with van der Waals surface area (Å²) in [6.07, 6.45) is 0. The Morgan fingerprint density at radius 2 is 0.887 bits per heavy atom. The third-order valence-corrected chi connectivity index (χ3v) is 11.3. The predicted molar refractivity (Wildman–Crippen MR) is 259 cm³/mol. The van der Waals surface area contributed by atoms with E-state index in [0.717, 1.165) is 94.7 Å². The summed E-state index contributed by atoms with van der Waals surface area (Å²) in [5.74, 6) is 1.40. The fraction of sp³-hybridized carbons (Fsp3) is 0.0172. The number of fused-ring (bicyclic) bond motifs is 3. The van der Waals surface area contributed by atoms with Crippen LogP contribution >= 0.6 is 0 Å². The third-order valence-electron chi connectivity index (χ3n) is 11.3. The van der Waals surface area contributed by atoms with Gasteiger partial charge in [-0.1, -0.05) is 213 Å². The van der Waals surface area contributed by atoms with Crippen molar-refractivity contribution in [2.24, 2.45) is 9.98 Å². The normalized spacial score (nSPS) is 11.9. The molecule has 0 aliphatic rings. The van der Waals surface area contributed by atoms with Crippen LogP contribution in [0.3, 0.4) is 0 Å². The first-order valence-electron chi connectivity index (χ1n) is 20.8. The van der Waals surface area contributed by atoms with E-state index in [1.807, 2.05) is 61.5 Å². The first-order chi connectivity index (χ1) is 30.6. The zero-order chi connectivity index (χ0) is 41.8. The van der Waals surface area contributed by atoms with Gasteiger partial charge in [0.1, 0.15) is 11.3 Å². The zero-order valence-corrected chi connectivity index (χ0v) is 34.2. The van der Waals surface area contributed by atoms with E-state index in [9.17, 15) is 0 Å². The molecule has 4 heteroatoms. The number of aliphatic imine (C=N–C) groups is 2. The second kappa shape index (κ2) is 16.8. The number of benzene rings is 8. The van der Waals surface area contributed by atoms with E-state index in [4.69, 9.17) is 19.4 Å². The molecule has 2 heterocycles. The van der Waals surface area contributed by atoms with Gasteiger partial charge in [0.2, 0.25) is 0 Å². The molecule has 0 saturated carbocycles. The van der Waals surface area contributed by atoms with E-state index >= 15 is 0 Å². The highest BCUT2D eigenvalue weighted by atomic mass is 16.3. The molecule has 0 spiro atoms. The standard InChI is InChI=1S/C58H41N3O/c1-39(41-27-31-45(32-28-41)43-17-7-3-8-18-43)59-58(50-37-33-46(34-38-50)44-19-9-4-10-20-44)60-40(2)42-29-35-48(36-30-42)55-54-53(47-21-11-5-12-22-47)56(49-23-13-6-14-24-49)62-57(54)51-25-15-16-26-52(51)61-55/h3-38H,2H2,1H3/b59-39+,60-58-. The fourth-order valence-electron chi connectivity index (χ4n) is 8.04. The lowest BCUT2D eigenvalue weighted by Gasteiger charge is -2.11. The lowest BCUT2D eigenvalue weighted by atomic mass is 9.94. The molecule has 0 radical (unpaired) electrons. The molecule has 0 amide bonds. The molecule has 10 rings (SSSR count). The Kier molecular flexibility index (Phi) is 10.3. The topological polar surface area (TPSA) is 50.8 Å². The highest BCUT2D eigenvalue weighted by Crippen LogP contribution is 2.46. The van der Waals surface area contributed by atoms with E-state index in [0.29, 0.717) is 11.5 Å². The Balaban J connectivity index is 1.05. The largest absolute Gasteiger partial charge is 0.455 e. The monoisotopic (exact) mass is 795 g/mol. The van der Waals surface area contributed by atoms with E-state index in [-0.39, 0.29) is 0 Å². The smallest absolute Gasteiger partial charge is 0.160 e. The van der Waals surface area contributed by atoms with Gasteiger partial charge in [-0.15, -0.1) is 0 Å². The zero-order valence-electron chi connectivity index (χ0n) is 34.2. The van der Waals surface area contributed by atoms with Crippen molar-refractivity contribution in [2.75, 3.05) is 0 Å². The molecule has 8 aromatic carbocycles. The summed E-state index contributed by atoms with van der Waals surface area (Å²) in [4.78, 5) is 15.6. The number of furan rings is 1. The van der Waals surface area contributed by atoms with E-state index < -0.39 is 0 Å². The molecule has 0 aliphatic carbocycles. The van der Waals surface area contributed by atoms with Crippen LogP contribution in [0.5, 0.6) is 0 Å². The molecular weight excluding hydrogens is 755 g/mol.